The lowest BCUT2D eigenvalue weighted by Gasteiger charge is -2.25. The third-order valence-corrected chi connectivity index (χ3v) is 5.40. The molecular weight excluding hydrogens is 432 g/mol. The van der Waals surface area contributed by atoms with Gasteiger partial charge in [-0.3, -0.25) is 14.5 Å². The summed E-state index contributed by atoms with van der Waals surface area (Å²) in [4.78, 5) is 27.4. The number of halogens is 2. The molecule has 3 aromatic rings. The van der Waals surface area contributed by atoms with Gasteiger partial charge in [-0.2, -0.15) is 0 Å². The number of amides is 1. The molecule has 1 amide bonds. The van der Waals surface area contributed by atoms with Gasteiger partial charge in [0.25, 0.3) is 11.7 Å². The van der Waals surface area contributed by atoms with Crippen LogP contribution in [0.15, 0.2) is 72.3 Å². The van der Waals surface area contributed by atoms with Crippen molar-refractivity contribution in [1.29, 1.82) is 0 Å². The highest BCUT2D eigenvalue weighted by atomic mass is 19.1. The van der Waals surface area contributed by atoms with E-state index in [4.69, 9.17) is 9.47 Å². The van der Waals surface area contributed by atoms with E-state index >= 15 is 0 Å². The minimum absolute atomic E-state index is 0.140. The summed E-state index contributed by atoms with van der Waals surface area (Å²) in [5.41, 5.74) is 0.538. The lowest BCUT2D eigenvalue weighted by molar-refractivity contribution is -0.132. The fraction of sp³-hybridized carbons (Fsp3) is 0.120. The zero-order valence-electron chi connectivity index (χ0n) is 17.7. The number of hydrogen-bond donors (Lipinski definition) is 1. The summed E-state index contributed by atoms with van der Waals surface area (Å²) in [5, 5.41) is 11.2. The van der Waals surface area contributed by atoms with E-state index in [0.717, 1.165) is 17.0 Å². The van der Waals surface area contributed by atoms with Crippen LogP contribution in [0.3, 0.4) is 0 Å². The molecule has 1 aliphatic heterocycles. The molecule has 33 heavy (non-hydrogen) atoms. The van der Waals surface area contributed by atoms with Crippen molar-refractivity contribution in [2.24, 2.45) is 0 Å². The van der Waals surface area contributed by atoms with E-state index in [2.05, 4.69) is 0 Å². The highest BCUT2D eigenvalue weighted by molar-refractivity contribution is 6.51. The average Bonchev–Trinajstić information content (AvgIpc) is 3.09. The molecule has 1 saturated heterocycles. The summed E-state index contributed by atoms with van der Waals surface area (Å²) < 4.78 is 37.7. The van der Waals surface area contributed by atoms with Gasteiger partial charge in [-0.1, -0.05) is 12.1 Å². The van der Waals surface area contributed by atoms with Gasteiger partial charge in [0.15, 0.2) is 0 Å². The summed E-state index contributed by atoms with van der Waals surface area (Å²) in [6, 6.07) is 13.8. The van der Waals surface area contributed by atoms with Gasteiger partial charge in [0.1, 0.15) is 28.9 Å². The van der Waals surface area contributed by atoms with Crippen molar-refractivity contribution >= 4 is 23.1 Å². The number of ether oxygens (including phenoxy) is 2. The molecule has 1 unspecified atom stereocenters. The van der Waals surface area contributed by atoms with E-state index in [-0.39, 0.29) is 22.6 Å². The van der Waals surface area contributed by atoms with Crippen molar-refractivity contribution < 1.29 is 33.0 Å². The maximum Gasteiger partial charge on any atom is 0.300 e. The van der Waals surface area contributed by atoms with Crippen LogP contribution in [0.5, 0.6) is 11.5 Å². The summed E-state index contributed by atoms with van der Waals surface area (Å²) >= 11 is 0. The van der Waals surface area contributed by atoms with Gasteiger partial charge < -0.3 is 14.6 Å². The Kier molecular flexibility index (Phi) is 5.83. The minimum atomic E-state index is -1.09. The number of anilines is 1. The molecule has 1 N–H and O–H groups in total. The molecule has 0 aliphatic carbocycles. The smallest absolute Gasteiger partial charge is 0.300 e. The number of nitrogens with zero attached hydrogens (tertiary/aromatic N) is 1. The molecule has 0 spiro atoms. The van der Waals surface area contributed by atoms with Crippen LogP contribution in [-0.2, 0) is 9.59 Å². The fourth-order valence-electron chi connectivity index (χ4n) is 3.81. The number of aliphatic hydroxyl groups is 1. The van der Waals surface area contributed by atoms with Crippen LogP contribution in [0, 0.1) is 11.6 Å². The first-order valence-electron chi connectivity index (χ1n) is 9.90. The van der Waals surface area contributed by atoms with Gasteiger partial charge in [-0.05, 0) is 60.2 Å². The van der Waals surface area contributed by atoms with Crippen molar-refractivity contribution in [2.45, 2.75) is 6.04 Å². The van der Waals surface area contributed by atoms with Crippen molar-refractivity contribution in [2.75, 3.05) is 19.1 Å². The maximum absolute atomic E-state index is 13.6. The summed E-state index contributed by atoms with van der Waals surface area (Å²) in [7, 11) is 2.84. The van der Waals surface area contributed by atoms with Crippen LogP contribution in [0.2, 0.25) is 0 Å². The minimum Gasteiger partial charge on any atom is -0.507 e. The number of carbonyl (C=O) groups is 2. The second-order valence-electron chi connectivity index (χ2n) is 7.26. The van der Waals surface area contributed by atoms with Crippen LogP contribution in [0.4, 0.5) is 14.5 Å². The Morgan fingerprint density at radius 3 is 2.06 bits per heavy atom. The zero-order valence-corrected chi connectivity index (χ0v) is 17.7. The number of rotatable bonds is 5. The van der Waals surface area contributed by atoms with E-state index in [1.165, 1.54) is 56.7 Å². The summed E-state index contributed by atoms with van der Waals surface area (Å²) in [6.45, 7) is 0. The molecule has 1 fully saturated rings. The van der Waals surface area contributed by atoms with Gasteiger partial charge >= 0.3 is 0 Å². The molecule has 6 nitrogen and oxygen atoms in total. The Bertz CT molecular complexity index is 1250. The maximum atomic E-state index is 13.6. The van der Waals surface area contributed by atoms with Crippen molar-refractivity contribution in [3.8, 4) is 11.5 Å². The Labute approximate surface area is 188 Å². The van der Waals surface area contributed by atoms with E-state index in [0.29, 0.717) is 11.3 Å². The van der Waals surface area contributed by atoms with Gasteiger partial charge in [0.05, 0.1) is 31.4 Å². The molecule has 8 heteroatoms. The van der Waals surface area contributed by atoms with E-state index in [1.807, 2.05) is 0 Å². The van der Waals surface area contributed by atoms with Crippen LogP contribution in [0.1, 0.15) is 17.2 Å². The SMILES string of the molecule is COc1ccc(OC)c(/C(O)=C2\C(=O)C(=O)N(c3ccc(F)cc3)C2c2ccc(F)cc2)c1. The third-order valence-electron chi connectivity index (χ3n) is 5.40. The molecule has 0 radical (unpaired) electrons. The normalized spacial score (nSPS) is 17.3. The molecular formula is C25H19F2NO5. The van der Waals surface area contributed by atoms with Gasteiger partial charge in [0.2, 0.25) is 0 Å². The lowest BCUT2D eigenvalue weighted by atomic mass is 9.94. The van der Waals surface area contributed by atoms with Crippen LogP contribution in [0.25, 0.3) is 5.76 Å². The fourth-order valence-corrected chi connectivity index (χ4v) is 3.81. The third kappa shape index (κ3) is 3.91. The molecule has 3 aromatic carbocycles. The highest BCUT2D eigenvalue weighted by Crippen LogP contribution is 2.43. The number of methoxy groups -OCH3 is 2. The number of aliphatic hydroxyl groups excluding tert-OH is 1. The molecule has 4 rings (SSSR count). The Morgan fingerprint density at radius 2 is 1.48 bits per heavy atom. The Hall–Kier alpha value is -4.20. The number of benzene rings is 3. The average molecular weight is 451 g/mol. The van der Waals surface area contributed by atoms with Crippen LogP contribution >= 0.6 is 0 Å². The largest absolute Gasteiger partial charge is 0.507 e. The number of hydrogen-bond acceptors (Lipinski definition) is 5. The second-order valence-corrected chi connectivity index (χ2v) is 7.26. The Morgan fingerprint density at radius 1 is 0.879 bits per heavy atom. The number of ketones is 1. The van der Waals surface area contributed by atoms with Crippen LogP contribution < -0.4 is 14.4 Å². The van der Waals surface area contributed by atoms with Crippen LogP contribution in [-0.4, -0.2) is 31.0 Å². The van der Waals surface area contributed by atoms with Crippen molar-refractivity contribution in [3.63, 3.8) is 0 Å². The van der Waals surface area contributed by atoms with E-state index in [1.54, 1.807) is 12.1 Å². The standard InChI is InChI=1S/C25H19F2NO5/c1-32-18-11-12-20(33-2)19(13-18)23(29)21-22(14-3-5-15(26)6-4-14)28(25(31)24(21)30)17-9-7-16(27)8-10-17/h3-13,22,29H,1-2H3/b23-21+. The van der Waals surface area contributed by atoms with Crippen molar-refractivity contribution in [1.82, 2.24) is 0 Å². The molecule has 0 saturated carbocycles. The highest BCUT2D eigenvalue weighted by Gasteiger charge is 2.47. The predicted octanol–water partition coefficient (Wildman–Crippen LogP) is 4.61. The quantitative estimate of drug-likeness (QED) is 0.348. The van der Waals surface area contributed by atoms with Gasteiger partial charge in [-0.15, -0.1) is 0 Å². The molecule has 1 aliphatic rings. The van der Waals surface area contributed by atoms with Gasteiger partial charge in [-0.25, -0.2) is 8.78 Å². The lowest BCUT2D eigenvalue weighted by Crippen LogP contribution is -2.29. The van der Waals surface area contributed by atoms with E-state index in [9.17, 15) is 23.5 Å². The van der Waals surface area contributed by atoms with E-state index < -0.39 is 35.1 Å². The number of Topliss-reactive ketones (excluding diaryl/α,β-unsaturated/α-hetero) is 1. The summed E-state index contributed by atoms with van der Waals surface area (Å²) in [5.74, 6) is -2.73. The topological polar surface area (TPSA) is 76.1 Å². The molecule has 1 atom stereocenters. The van der Waals surface area contributed by atoms with Gasteiger partial charge in [0, 0.05) is 5.69 Å². The molecule has 0 aromatic heterocycles. The second kappa shape index (κ2) is 8.74. The molecule has 1 heterocycles. The van der Waals surface area contributed by atoms with Crippen molar-refractivity contribution in [3.05, 3.63) is 95.1 Å². The first kappa shape index (κ1) is 22.0. The molecule has 0 bridgehead atoms. The first-order valence-corrected chi connectivity index (χ1v) is 9.90. The first-order chi connectivity index (χ1) is 15.8. The zero-order chi connectivity index (χ0) is 23.7. The number of carbonyl (C=O) groups excluding carboxylic acids is 2. The molecule has 168 valence electrons. The Balaban J connectivity index is 1.97. The predicted molar refractivity (Wildman–Crippen MR) is 117 cm³/mol. The summed E-state index contributed by atoms with van der Waals surface area (Å²) in [6.07, 6.45) is 0. The monoisotopic (exact) mass is 451 g/mol.